The first-order chi connectivity index (χ1) is 4.54. The molecule has 0 aliphatic rings. The molecule has 0 spiro atoms. The second kappa shape index (κ2) is 4.62. The number of alkyl halides is 3. The van der Waals surface area contributed by atoms with E-state index < -0.39 is 10.1 Å². The maximum Gasteiger partial charge on any atom is 0.258 e. The Bertz CT molecular complexity index is 96.9. The fourth-order valence-corrected chi connectivity index (χ4v) is 0.677. The van der Waals surface area contributed by atoms with E-state index in [-0.39, 0.29) is 0 Å². The van der Waals surface area contributed by atoms with Gasteiger partial charge in [0.1, 0.15) is 0 Å². The quantitative estimate of drug-likeness (QED) is 0.659. The molecule has 1 atom stereocenters. The number of rotatable bonds is 4. The van der Waals surface area contributed by atoms with Crippen LogP contribution in [0.25, 0.3) is 0 Å². The van der Waals surface area contributed by atoms with Gasteiger partial charge in [-0.2, -0.15) is 0 Å². The van der Waals surface area contributed by atoms with Crippen molar-refractivity contribution in [3.05, 3.63) is 0 Å². The second-order valence-electron chi connectivity index (χ2n) is 1.54. The van der Waals surface area contributed by atoms with E-state index in [4.69, 9.17) is 39.5 Å². The molecule has 0 radical (unpaired) electrons. The average molecular weight is 207 g/mol. The minimum Gasteiger partial charge on any atom is -0.357 e. The van der Waals surface area contributed by atoms with E-state index in [1.165, 1.54) is 7.11 Å². The normalized spacial score (nSPS) is 15.3. The number of ether oxygens (including phenoxy) is 2. The van der Waals surface area contributed by atoms with E-state index in [1.54, 1.807) is 6.92 Å². The standard InChI is InChI=1S/C5H9Cl3O2/c1-3-10-4(6)5(7,8)9-2/h4H,3H2,1-2H3. The highest BCUT2D eigenvalue weighted by Gasteiger charge is 2.33. The lowest BCUT2D eigenvalue weighted by molar-refractivity contribution is 0.00763. The molecule has 10 heavy (non-hydrogen) atoms. The molecule has 0 amide bonds. The zero-order valence-electron chi connectivity index (χ0n) is 5.73. The van der Waals surface area contributed by atoms with Crippen molar-refractivity contribution in [1.82, 2.24) is 0 Å². The third kappa shape index (κ3) is 3.26. The van der Waals surface area contributed by atoms with E-state index in [2.05, 4.69) is 4.74 Å². The molecule has 0 aromatic heterocycles. The molecular weight excluding hydrogens is 198 g/mol. The van der Waals surface area contributed by atoms with E-state index in [9.17, 15) is 0 Å². The van der Waals surface area contributed by atoms with Crippen molar-refractivity contribution in [1.29, 1.82) is 0 Å². The van der Waals surface area contributed by atoms with Gasteiger partial charge < -0.3 is 9.47 Å². The number of halogens is 3. The SMILES string of the molecule is CCOC(Cl)C(Cl)(Cl)OC. The molecule has 5 heteroatoms. The van der Waals surface area contributed by atoms with Gasteiger partial charge in [-0.1, -0.05) is 34.8 Å². The van der Waals surface area contributed by atoms with Gasteiger partial charge in [-0.25, -0.2) is 0 Å². The van der Waals surface area contributed by atoms with E-state index in [0.29, 0.717) is 6.61 Å². The second-order valence-corrected chi connectivity index (χ2v) is 3.25. The lowest BCUT2D eigenvalue weighted by Gasteiger charge is -2.22. The Morgan fingerprint density at radius 2 is 2.00 bits per heavy atom. The molecule has 2 nitrogen and oxygen atoms in total. The molecule has 1 unspecified atom stereocenters. The van der Waals surface area contributed by atoms with Gasteiger partial charge in [0.15, 0.2) is 5.56 Å². The highest BCUT2D eigenvalue weighted by molar-refractivity contribution is 6.50. The van der Waals surface area contributed by atoms with Crippen LogP contribution in [-0.2, 0) is 9.47 Å². The highest BCUT2D eigenvalue weighted by atomic mass is 35.5. The Morgan fingerprint density at radius 3 is 2.30 bits per heavy atom. The summed E-state index contributed by atoms with van der Waals surface area (Å²) >= 11 is 16.6. The molecule has 0 rings (SSSR count). The van der Waals surface area contributed by atoms with Crippen LogP contribution in [0.1, 0.15) is 6.92 Å². The third-order valence-electron chi connectivity index (χ3n) is 0.849. The van der Waals surface area contributed by atoms with Gasteiger partial charge in [-0.05, 0) is 6.92 Å². The maximum atomic E-state index is 5.56. The lowest BCUT2D eigenvalue weighted by atomic mass is 10.7. The van der Waals surface area contributed by atoms with E-state index in [1.807, 2.05) is 0 Å². The molecule has 0 N–H and O–H groups in total. The van der Waals surface area contributed by atoms with Gasteiger partial charge in [0.05, 0.1) is 0 Å². The van der Waals surface area contributed by atoms with Gasteiger partial charge in [0.2, 0.25) is 0 Å². The van der Waals surface area contributed by atoms with E-state index in [0.717, 1.165) is 0 Å². The fourth-order valence-electron chi connectivity index (χ4n) is 0.336. The Hall–Kier alpha value is 0.790. The predicted octanol–water partition coefficient (Wildman–Crippen LogP) is 2.37. The Kier molecular flexibility index (Phi) is 4.99. The van der Waals surface area contributed by atoms with Crippen LogP contribution < -0.4 is 0 Å². The van der Waals surface area contributed by atoms with Crippen LogP contribution >= 0.6 is 34.8 Å². The largest absolute Gasteiger partial charge is 0.357 e. The van der Waals surface area contributed by atoms with Crippen molar-refractivity contribution in [2.24, 2.45) is 0 Å². The number of hydrogen-bond acceptors (Lipinski definition) is 2. The molecule has 0 saturated carbocycles. The summed E-state index contributed by atoms with van der Waals surface area (Å²) in [5, 5.41) is 0. The zero-order valence-corrected chi connectivity index (χ0v) is 8.00. The first-order valence-corrected chi connectivity index (χ1v) is 3.92. The maximum absolute atomic E-state index is 5.56. The topological polar surface area (TPSA) is 18.5 Å². The Balaban J connectivity index is 3.78. The minimum atomic E-state index is -1.46. The van der Waals surface area contributed by atoms with Crippen LogP contribution in [0.15, 0.2) is 0 Å². The Labute approximate surface area is 75.3 Å². The number of hydrogen-bond donors (Lipinski definition) is 0. The van der Waals surface area contributed by atoms with Crippen LogP contribution in [0.4, 0.5) is 0 Å². The molecule has 0 bridgehead atoms. The van der Waals surface area contributed by atoms with Crippen molar-refractivity contribution in [3.8, 4) is 0 Å². The molecular formula is C5H9Cl3O2. The highest BCUT2D eigenvalue weighted by Crippen LogP contribution is 2.30. The van der Waals surface area contributed by atoms with Crippen molar-refractivity contribution < 1.29 is 9.47 Å². The van der Waals surface area contributed by atoms with Crippen molar-refractivity contribution in [3.63, 3.8) is 0 Å². The molecule has 0 aromatic carbocycles. The first kappa shape index (κ1) is 10.8. The molecule has 0 saturated heterocycles. The van der Waals surface area contributed by atoms with Crippen molar-refractivity contribution >= 4 is 34.8 Å². The fraction of sp³-hybridized carbons (Fsp3) is 1.00. The third-order valence-corrected chi connectivity index (χ3v) is 2.21. The average Bonchev–Trinajstić information content (AvgIpc) is 1.89. The van der Waals surface area contributed by atoms with Gasteiger partial charge in [-0.3, -0.25) is 0 Å². The molecule has 0 aliphatic carbocycles. The smallest absolute Gasteiger partial charge is 0.258 e. The summed E-state index contributed by atoms with van der Waals surface area (Å²) in [5.41, 5.74) is -0.842. The van der Waals surface area contributed by atoms with Crippen molar-refractivity contribution in [2.45, 2.75) is 17.0 Å². The molecule has 0 aliphatic heterocycles. The summed E-state index contributed by atoms with van der Waals surface area (Å²) in [4.78, 5) is 0. The Morgan fingerprint density at radius 1 is 1.50 bits per heavy atom. The molecule has 0 heterocycles. The summed E-state index contributed by atoms with van der Waals surface area (Å²) in [5.74, 6) is 0. The van der Waals surface area contributed by atoms with Crippen LogP contribution in [0, 0.1) is 0 Å². The molecule has 0 fully saturated rings. The number of methoxy groups -OCH3 is 1. The molecule has 62 valence electrons. The van der Waals surface area contributed by atoms with Crippen LogP contribution in [0.2, 0.25) is 0 Å². The summed E-state index contributed by atoms with van der Waals surface area (Å²) in [6, 6.07) is 0. The van der Waals surface area contributed by atoms with Crippen LogP contribution in [0.5, 0.6) is 0 Å². The van der Waals surface area contributed by atoms with Gasteiger partial charge >= 0.3 is 0 Å². The summed E-state index contributed by atoms with van der Waals surface area (Å²) in [6.07, 6.45) is 0. The van der Waals surface area contributed by atoms with Gasteiger partial charge in [-0.15, -0.1) is 0 Å². The first-order valence-electron chi connectivity index (χ1n) is 2.73. The molecule has 0 aromatic rings. The summed E-state index contributed by atoms with van der Waals surface area (Å²) < 4.78 is 8.04. The summed E-state index contributed by atoms with van der Waals surface area (Å²) in [6.45, 7) is 2.23. The van der Waals surface area contributed by atoms with Crippen molar-refractivity contribution in [2.75, 3.05) is 13.7 Å². The summed E-state index contributed by atoms with van der Waals surface area (Å²) in [7, 11) is 1.36. The zero-order chi connectivity index (χ0) is 8.20. The van der Waals surface area contributed by atoms with E-state index >= 15 is 0 Å². The lowest BCUT2D eigenvalue weighted by Crippen LogP contribution is -2.30. The van der Waals surface area contributed by atoms with Gasteiger partial charge in [0.25, 0.3) is 4.52 Å². The van der Waals surface area contributed by atoms with Gasteiger partial charge in [0, 0.05) is 13.7 Å². The predicted molar refractivity (Wildman–Crippen MR) is 42.7 cm³/mol. The van der Waals surface area contributed by atoms with Crippen LogP contribution in [-0.4, -0.2) is 23.8 Å². The minimum absolute atomic E-state index is 0.443. The van der Waals surface area contributed by atoms with Crippen LogP contribution in [0.3, 0.4) is 0 Å². The monoisotopic (exact) mass is 206 g/mol.